The molecule has 2 nitrogen and oxygen atoms in total. The van der Waals surface area contributed by atoms with Crippen LogP contribution in [-0.2, 0) is 0 Å². The van der Waals surface area contributed by atoms with Gasteiger partial charge in [-0.2, -0.15) is 0 Å². The summed E-state index contributed by atoms with van der Waals surface area (Å²) in [6.45, 7) is 9.13. The van der Waals surface area contributed by atoms with Gasteiger partial charge in [0.15, 0.2) is 0 Å². The first-order valence-electron chi connectivity index (χ1n) is 6.71. The predicted molar refractivity (Wildman–Crippen MR) is 78.2 cm³/mol. The molecule has 1 aromatic rings. The topological polar surface area (TPSA) is 21.3 Å². The molecule has 0 saturated carbocycles. The van der Waals surface area contributed by atoms with Gasteiger partial charge in [0, 0.05) is 6.04 Å². The third kappa shape index (κ3) is 4.19. The first-order chi connectivity index (χ1) is 8.72. The molecule has 0 fully saturated rings. The van der Waals surface area contributed by atoms with E-state index in [0.717, 1.165) is 31.6 Å². The van der Waals surface area contributed by atoms with E-state index in [1.54, 1.807) is 7.11 Å². The fourth-order valence-electron chi connectivity index (χ4n) is 2.11. The molecule has 2 heteroatoms. The molecule has 0 amide bonds. The zero-order valence-electron chi connectivity index (χ0n) is 11.8. The van der Waals surface area contributed by atoms with Crippen LogP contribution in [0.3, 0.4) is 0 Å². The number of hydrogen-bond donors (Lipinski definition) is 1. The van der Waals surface area contributed by atoms with Crippen molar-refractivity contribution in [2.75, 3.05) is 13.7 Å². The van der Waals surface area contributed by atoms with E-state index in [9.17, 15) is 0 Å². The number of methoxy groups -OCH3 is 1. The maximum absolute atomic E-state index is 5.31. The van der Waals surface area contributed by atoms with E-state index >= 15 is 0 Å². The molecule has 0 saturated heterocycles. The standard InChI is InChI=1S/C16H25NO/c1-5-7-8-15(17-11-6-2)14-9-10-16(18-4)13(3)12-14/h5,9-10,12,15,17H,1,6-8,11H2,2-4H3. The van der Waals surface area contributed by atoms with Crippen molar-refractivity contribution in [2.24, 2.45) is 0 Å². The largest absolute Gasteiger partial charge is 0.496 e. The molecule has 0 aliphatic rings. The van der Waals surface area contributed by atoms with Crippen molar-refractivity contribution >= 4 is 0 Å². The summed E-state index contributed by atoms with van der Waals surface area (Å²) in [6.07, 6.45) is 5.26. The molecule has 0 spiro atoms. The van der Waals surface area contributed by atoms with Gasteiger partial charge in [0.2, 0.25) is 0 Å². The Morgan fingerprint density at radius 3 is 2.78 bits per heavy atom. The lowest BCUT2D eigenvalue weighted by atomic mass is 9.99. The Labute approximate surface area is 111 Å². The van der Waals surface area contributed by atoms with Crippen LogP contribution in [0.5, 0.6) is 5.75 Å². The molecule has 1 atom stereocenters. The molecule has 1 N–H and O–H groups in total. The molecule has 0 bridgehead atoms. The summed E-state index contributed by atoms with van der Waals surface area (Å²) < 4.78 is 5.31. The Bertz CT molecular complexity index is 373. The van der Waals surface area contributed by atoms with Crippen LogP contribution in [0.25, 0.3) is 0 Å². The minimum Gasteiger partial charge on any atom is -0.496 e. The van der Waals surface area contributed by atoms with Gasteiger partial charge in [0.1, 0.15) is 5.75 Å². The van der Waals surface area contributed by atoms with Crippen molar-refractivity contribution in [2.45, 2.75) is 39.2 Å². The lowest BCUT2D eigenvalue weighted by Crippen LogP contribution is -2.22. The van der Waals surface area contributed by atoms with Crippen molar-refractivity contribution in [3.05, 3.63) is 42.0 Å². The number of benzene rings is 1. The van der Waals surface area contributed by atoms with Gasteiger partial charge < -0.3 is 10.1 Å². The molecule has 0 aliphatic carbocycles. The number of aryl methyl sites for hydroxylation is 1. The number of hydrogen-bond acceptors (Lipinski definition) is 2. The van der Waals surface area contributed by atoms with Crippen molar-refractivity contribution in [3.8, 4) is 5.75 Å². The van der Waals surface area contributed by atoms with E-state index in [1.165, 1.54) is 11.1 Å². The lowest BCUT2D eigenvalue weighted by Gasteiger charge is -2.19. The van der Waals surface area contributed by atoms with Crippen LogP contribution in [0, 0.1) is 6.92 Å². The van der Waals surface area contributed by atoms with E-state index in [1.807, 2.05) is 6.08 Å². The fraction of sp³-hybridized carbons (Fsp3) is 0.500. The zero-order valence-corrected chi connectivity index (χ0v) is 11.8. The molecule has 18 heavy (non-hydrogen) atoms. The van der Waals surface area contributed by atoms with E-state index in [4.69, 9.17) is 4.74 Å². The molecule has 0 heterocycles. The lowest BCUT2D eigenvalue weighted by molar-refractivity contribution is 0.411. The van der Waals surface area contributed by atoms with E-state index in [-0.39, 0.29) is 0 Å². The van der Waals surface area contributed by atoms with Gasteiger partial charge >= 0.3 is 0 Å². The highest BCUT2D eigenvalue weighted by Crippen LogP contribution is 2.25. The Balaban J connectivity index is 2.82. The van der Waals surface area contributed by atoms with Crippen LogP contribution in [0.4, 0.5) is 0 Å². The first-order valence-corrected chi connectivity index (χ1v) is 6.71. The van der Waals surface area contributed by atoms with Gasteiger partial charge in [-0.1, -0.05) is 25.1 Å². The summed E-state index contributed by atoms with van der Waals surface area (Å²) in [4.78, 5) is 0. The highest BCUT2D eigenvalue weighted by Gasteiger charge is 2.11. The Morgan fingerprint density at radius 2 is 2.22 bits per heavy atom. The maximum atomic E-state index is 5.31. The average Bonchev–Trinajstić information content (AvgIpc) is 2.39. The second-order valence-electron chi connectivity index (χ2n) is 4.60. The molecule has 1 unspecified atom stereocenters. The van der Waals surface area contributed by atoms with Crippen molar-refractivity contribution in [1.82, 2.24) is 5.32 Å². The third-order valence-electron chi connectivity index (χ3n) is 3.12. The van der Waals surface area contributed by atoms with Gasteiger partial charge in [-0.05, 0) is 49.9 Å². The number of ether oxygens (including phenoxy) is 1. The van der Waals surface area contributed by atoms with Gasteiger partial charge in [-0.15, -0.1) is 6.58 Å². The molecule has 0 radical (unpaired) electrons. The Hall–Kier alpha value is -1.28. The van der Waals surface area contributed by atoms with Gasteiger partial charge in [-0.25, -0.2) is 0 Å². The number of allylic oxidation sites excluding steroid dienone is 1. The van der Waals surface area contributed by atoms with E-state index < -0.39 is 0 Å². The van der Waals surface area contributed by atoms with Crippen molar-refractivity contribution in [3.63, 3.8) is 0 Å². The summed E-state index contributed by atoms with van der Waals surface area (Å²) in [5.41, 5.74) is 2.53. The molecule has 100 valence electrons. The first kappa shape index (κ1) is 14.8. The Morgan fingerprint density at radius 1 is 1.44 bits per heavy atom. The second-order valence-corrected chi connectivity index (χ2v) is 4.60. The number of rotatable bonds is 8. The van der Waals surface area contributed by atoms with E-state index in [0.29, 0.717) is 6.04 Å². The smallest absolute Gasteiger partial charge is 0.121 e. The molecular formula is C16H25NO. The van der Waals surface area contributed by atoms with Crippen LogP contribution in [0.15, 0.2) is 30.9 Å². The molecule has 1 aromatic carbocycles. The van der Waals surface area contributed by atoms with Crippen LogP contribution >= 0.6 is 0 Å². The van der Waals surface area contributed by atoms with Crippen LogP contribution in [0.1, 0.15) is 43.4 Å². The highest BCUT2D eigenvalue weighted by molar-refractivity contribution is 5.37. The summed E-state index contributed by atoms with van der Waals surface area (Å²) in [6, 6.07) is 6.84. The van der Waals surface area contributed by atoms with Crippen molar-refractivity contribution in [1.29, 1.82) is 0 Å². The fourth-order valence-corrected chi connectivity index (χ4v) is 2.11. The average molecular weight is 247 g/mol. The van der Waals surface area contributed by atoms with Gasteiger partial charge in [0.05, 0.1) is 7.11 Å². The van der Waals surface area contributed by atoms with Crippen LogP contribution in [0.2, 0.25) is 0 Å². The second kappa shape index (κ2) is 7.93. The predicted octanol–water partition coefficient (Wildman–Crippen LogP) is 4.01. The monoisotopic (exact) mass is 247 g/mol. The maximum Gasteiger partial charge on any atom is 0.121 e. The Kier molecular flexibility index (Phi) is 6.51. The van der Waals surface area contributed by atoms with Crippen molar-refractivity contribution < 1.29 is 4.74 Å². The third-order valence-corrected chi connectivity index (χ3v) is 3.12. The summed E-state index contributed by atoms with van der Waals surface area (Å²) >= 11 is 0. The minimum atomic E-state index is 0.410. The summed E-state index contributed by atoms with van der Waals surface area (Å²) in [5.74, 6) is 0.955. The highest BCUT2D eigenvalue weighted by atomic mass is 16.5. The normalized spacial score (nSPS) is 12.2. The quantitative estimate of drug-likeness (QED) is 0.701. The molecular weight excluding hydrogens is 222 g/mol. The molecule has 1 rings (SSSR count). The van der Waals surface area contributed by atoms with E-state index in [2.05, 4.69) is 43.9 Å². The van der Waals surface area contributed by atoms with Crippen LogP contribution in [-0.4, -0.2) is 13.7 Å². The molecule has 0 aliphatic heterocycles. The van der Waals surface area contributed by atoms with Crippen LogP contribution < -0.4 is 10.1 Å². The summed E-state index contributed by atoms with van der Waals surface area (Å²) in [5, 5.41) is 3.60. The SMILES string of the molecule is C=CCCC(NCCC)c1ccc(OC)c(C)c1. The number of nitrogens with one attached hydrogen (secondary N) is 1. The zero-order chi connectivity index (χ0) is 13.4. The summed E-state index contributed by atoms with van der Waals surface area (Å²) in [7, 11) is 1.71. The molecule has 0 aromatic heterocycles. The van der Waals surface area contributed by atoms with Gasteiger partial charge in [0.25, 0.3) is 0 Å². The van der Waals surface area contributed by atoms with Gasteiger partial charge in [-0.3, -0.25) is 0 Å². The minimum absolute atomic E-state index is 0.410.